The Bertz CT molecular complexity index is 761. The molecule has 7 heteroatoms. The van der Waals surface area contributed by atoms with E-state index in [2.05, 4.69) is 10.4 Å². The van der Waals surface area contributed by atoms with Gasteiger partial charge in [0.25, 0.3) is 5.91 Å². The number of amides is 1. The third kappa shape index (κ3) is 4.06. The van der Waals surface area contributed by atoms with Crippen LogP contribution in [0.1, 0.15) is 35.3 Å². The number of ether oxygens (including phenoxy) is 1. The van der Waals surface area contributed by atoms with Crippen LogP contribution in [0.2, 0.25) is 0 Å². The first-order valence-corrected chi connectivity index (χ1v) is 8.22. The van der Waals surface area contributed by atoms with Gasteiger partial charge in [-0.05, 0) is 50.1 Å². The van der Waals surface area contributed by atoms with Gasteiger partial charge < -0.3 is 15.2 Å². The molecule has 0 saturated carbocycles. The summed E-state index contributed by atoms with van der Waals surface area (Å²) < 4.78 is 7.04. The Kier molecular flexibility index (Phi) is 4.85. The highest BCUT2D eigenvalue weighted by molar-refractivity contribution is 5.95. The second-order valence-electron chi connectivity index (χ2n) is 6.37. The number of carbonyl (C=O) groups excluding carboxylic acids is 1. The summed E-state index contributed by atoms with van der Waals surface area (Å²) in [4.78, 5) is 23.8. The van der Waals surface area contributed by atoms with E-state index in [9.17, 15) is 14.7 Å². The highest BCUT2D eigenvalue weighted by atomic mass is 16.5. The fourth-order valence-corrected chi connectivity index (χ4v) is 3.04. The van der Waals surface area contributed by atoms with Crippen molar-refractivity contribution in [2.75, 3.05) is 13.2 Å². The average Bonchev–Trinajstić information content (AvgIpc) is 3.01. The van der Waals surface area contributed by atoms with E-state index in [0.717, 1.165) is 11.4 Å². The van der Waals surface area contributed by atoms with Crippen LogP contribution >= 0.6 is 0 Å². The highest BCUT2D eigenvalue weighted by Gasteiger charge is 2.36. The zero-order valence-corrected chi connectivity index (χ0v) is 14.1. The van der Waals surface area contributed by atoms with Crippen molar-refractivity contribution in [1.29, 1.82) is 0 Å². The molecule has 2 N–H and O–H groups in total. The number of hydrogen-bond donors (Lipinski definition) is 2. The minimum Gasteiger partial charge on any atom is -0.481 e. The first-order valence-electron chi connectivity index (χ1n) is 8.22. The van der Waals surface area contributed by atoms with Crippen LogP contribution in [-0.2, 0) is 9.53 Å². The second kappa shape index (κ2) is 7.06. The van der Waals surface area contributed by atoms with Crippen molar-refractivity contribution in [3.8, 4) is 5.69 Å². The Hall–Kier alpha value is -2.67. The van der Waals surface area contributed by atoms with Gasteiger partial charge in [0.15, 0.2) is 0 Å². The minimum atomic E-state index is -0.924. The Labute approximate surface area is 145 Å². The lowest BCUT2D eigenvalue weighted by molar-refractivity contribution is -0.139. The summed E-state index contributed by atoms with van der Waals surface area (Å²) >= 11 is 0. The van der Waals surface area contributed by atoms with Crippen LogP contribution in [0.25, 0.3) is 5.69 Å². The van der Waals surface area contributed by atoms with E-state index < -0.39 is 11.5 Å². The van der Waals surface area contributed by atoms with Crippen LogP contribution in [-0.4, -0.2) is 45.5 Å². The smallest absolute Gasteiger partial charge is 0.305 e. The van der Waals surface area contributed by atoms with Crippen LogP contribution in [0.3, 0.4) is 0 Å². The van der Waals surface area contributed by atoms with Gasteiger partial charge in [-0.15, -0.1) is 0 Å². The molecule has 3 rings (SSSR count). The molecule has 7 nitrogen and oxygen atoms in total. The van der Waals surface area contributed by atoms with Crippen LogP contribution in [0.4, 0.5) is 0 Å². The number of nitrogens with one attached hydrogen (secondary N) is 1. The predicted molar refractivity (Wildman–Crippen MR) is 90.8 cm³/mol. The van der Waals surface area contributed by atoms with Crippen molar-refractivity contribution >= 4 is 11.9 Å². The van der Waals surface area contributed by atoms with Crippen molar-refractivity contribution in [1.82, 2.24) is 15.1 Å². The molecule has 2 heterocycles. The zero-order chi connectivity index (χ0) is 17.9. The Morgan fingerprint density at radius 3 is 2.48 bits per heavy atom. The molecule has 0 bridgehead atoms. The van der Waals surface area contributed by atoms with E-state index in [4.69, 9.17) is 4.74 Å². The van der Waals surface area contributed by atoms with Crippen molar-refractivity contribution in [2.24, 2.45) is 0 Å². The summed E-state index contributed by atoms with van der Waals surface area (Å²) in [6.07, 6.45) is 2.74. The molecule has 132 valence electrons. The van der Waals surface area contributed by atoms with Gasteiger partial charge in [-0.25, -0.2) is 4.68 Å². The Morgan fingerprint density at radius 1 is 1.24 bits per heavy atom. The maximum absolute atomic E-state index is 12.6. The van der Waals surface area contributed by atoms with Gasteiger partial charge in [0, 0.05) is 25.0 Å². The second-order valence-corrected chi connectivity index (χ2v) is 6.37. The van der Waals surface area contributed by atoms with Gasteiger partial charge in [0.2, 0.25) is 0 Å². The fourth-order valence-electron chi connectivity index (χ4n) is 3.04. The lowest BCUT2D eigenvalue weighted by Gasteiger charge is -2.36. The maximum Gasteiger partial charge on any atom is 0.305 e. The molecule has 1 saturated heterocycles. The lowest BCUT2D eigenvalue weighted by atomic mass is 9.86. The molecule has 1 amide bonds. The number of aromatic nitrogens is 2. The van der Waals surface area contributed by atoms with E-state index in [1.807, 2.05) is 31.3 Å². The van der Waals surface area contributed by atoms with E-state index in [1.54, 1.807) is 16.8 Å². The topological polar surface area (TPSA) is 93.5 Å². The number of hydrogen-bond acceptors (Lipinski definition) is 4. The van der Waals surface area contributed by atoms with Gasteiger partial charge in [-0.3, -0.25) is 9.59 Å². The van der Waals surface area contributed by atoms with E-state index in [-0.39, 0.29) is 12.3 Å². The summed E-state index contributed by atoms with van der Waals surface area (Å²) in [5.41, 5.74) is 1.51. The van der Waals surface area contributed by atoms with Crippen molar-refractivity contribution in [3.63, 3.8) is 0 Å². The molecular weight excluding hydrogens is 322 g/mol. The Morgan fingerprint density at radius 2 is 1.92 bits per heavy atom. The predicted octanol–water partition coefficient (Wildman–Crippen LogP) is 1.93. The molecule has 1 aromatic heterocycles. The molecule has 0 radical (unpaired) electrons. The number of carboxylic acids is 1. The fraction of sp³-hybridized carbons (Fsp3) is 0.389. The first kappa shape index (κ1) is 17.2. The molecule has 1 fully saturated rings. The molecule has 2 aromatic rings. The molecule has 1 aliphatic rings. The van der Waals surface area contributed by atoms with Gasteiger partial charge >= 0.3 is 5.97 Å². The molecule has 1 aromatic carbocycles. The van der Waals surface area contributed by atoms with E-state index in [0.29, 0.717) is 31.6 Å². The van der Waals surface area contributed by atoms with Gasteiger partial charge in [0.1, 0.15) is 0 Å². The highest BCUT2D eigenvalue weighted by Crippen LogP contribution is 2.25. The monoisotopic (exact) mass is 343 g/mol. The van der Waals surface area contributed by atoms with Gasteiger partial charge in [-0.2, -0.15) is 5.10 Å². The Balaban J connectivity index is 1.74. The number of carbonyl (C=O) groups is 2. The molecule has 0 spiro atoms. The normalized spacial score (nSPS) is 16.4. The molecule has 0 unspecified atom stereocenters. The molecular formula is C18H21N3O4. The number of benzene rings is 1. The summed E-state index contributed by atoms with van der Waals surface area (Å²) in [7, 11) is 0. The molecule has 25 heavy (non-hydrogen) atoms. The van der Waals surface area contributed by atoms with Crippen LogP contribution in [0.5, 0.6) is 0 Å². The summed E-state index contributed by atoms with van der Waals surface area (Å²) in [5.74, 6) is -1.20. The van der Waals surface area contributed by atoms with Crippen molar-refractivity contribution in [3.05, 3.63) is 47.8 Å². The van der Waals surface area contributed by atoms with E-state index in [1.165, 1.54) is 0 Å². The quantitative estimate of drug-likeness (QED) is 0.865. The van der Waals surface area contributed by atoms with Crippen LogP contribution < -0.4 is 5.32 Å². The summed E-state index contributed by atoms with van der Waals surface area (Å²) in [5, 5.41) is 16.4. The number of nitrogens with zero attached hydrogens (tertiary/aromatic N) is 2. The largest absolute Gasteiger partial charge is 0.481 e. The summed E-state index contributed by atoms with van der Waals surface area (Å²) in [6.45, 7) is 2.81. The van der Waals surface area contributed by atoms with Crippen molar-refractivity contribution < 1.29 is 19.4 Å². The first-order chi connectivity index (χ1) is 12.0. The lowest BCUT2D eigenvalue weighted by Crippen LogP contribution is -2.53. The zero-order valence-electron chi connectivity index (χ0n) is 14.1. The minimum absolute atomic E-state index is 0.104. The van der Waals surface area contributed by atoms with Gasteiger partial charge in [-0.1, -0.05) is 0 Å². The van der Waals surface area contributed by atoms with Crippen molar-refractivity contribution in [2.45, 2.75) is 31.7 Å². The number of carboxylic acid groups (broad SMARTS) is 1. The average molecular weight is 343 g/mol. The third-order valence-electron chi connectivity index (χ3n) is 4.43. The van der Waals surface area contributed by atoms with Gasteiger partial charge in [0.05, 0.1) is 23.3 Å². The number of aliphatic carboxylic acids is 1. The number of aryl methyl sites for hydroxylation is 1. The molecule has 0 aliphatic carbocycles. The SMILES string of the molecule is Cc1ccn(-c2ccc(C(=O)NC3(CC(=O)O)CCOCC3)cc2)n1. The standard InChI is InChI=1S/C18H21N3O4/c1-13-6-9-21(20-13)15-4-2-14(3-5-15)17(24)19-18(12-16(22)23)7-10-25-11-8-18/h2-6,9H,7-8,10-12H2,1H3,(H,19,24)(H,22,23). The molecule has 1 aliphatic heterocycles. The maximum atomic E-state index is 12.6. The summed E-state index contributed by atoms with van der Waals surface area (Å²) in [6, 6.07) is 8.97. The van der Waals surface area contributed by atoms with E-state index >= 15 is 0 Å². The number of rotatable bonds is 5. The molecule has 0 atom stereocenters. The van der Waals surface area contributed by atoms with Crippen LogP contribution in [0.15, 0.2) is 36.5 Å². The third-order valence-corrected chi connectivity index (χ3v) is 4.43. The van der Waals surface area contributed by atoms with Crippen LogP contribution in [0, 0.1) is 6.92 Å².